The van der Waals surface area contributed by atoms with Crippen molar-refractivity contribution in [2.24, 2.45) is 0 Å². The molecular formula is C17H28N2. The van der Waals surface area contributed by atoms with Crippen molar-refractivity contribution >= 4 is 5.69 Å². The first kappa shape index (κ1) is 14.4. The summed E-state index contributed by atoms with van der Waals surface area (Å²) in [4.78, 5) is 0. The lowest BCUT2D eigenvalue weighted by Gasteiger charge is -2.15. The van der Waals surface area contributed by atoms with Gasteiger partial charge in [0.05, 0.1) is 0 Å². The zero-order valence-corrected chi connectivity index (χ0v) is 12.5. The number of unbranched alkanes of at least 4 members (excludes halogenated alkanes) is 3. The van der Waals surface area contributed by atoms with Crippen LogP contribution in [0.25, 0.3) is 0 Å². The maximum absolute atomic E-state index is 3.67. The van der Waals surface area contributed by atoms with Gasteiger partial charge in [0.15, 0.2) is 0 Å². The van der Waals surface area contributed by atoms with Crippen molar-refractivity contribution in [3.8, 4) is 0 Å². The predicted molar refractivity (Wildman–Crippen MR) is 83.7 cm³/mol. The van der Waals surface area contributed by atoms with E-state index in [1.165, 1.54) is 55.3 Å². The van der Waals surface area contributed by atoms with Crippen LogP contribution in [0.5, 0.6) is 0 Å². The first-order chi connectivity index (χ1) is 9.31. The quantitative estimate of drug-likeness (QED) is 0.688. The number of nitrogens with one attached hydrogen (secondary N) is 2. The van der Waals surface area contributed by atoms with Gasteiger partial charge >= 0.3 is 0 Å². The van der Waals surface area contributed by atoms with E-state index in [1.54, 1.807) is 0 Å². The van der Waals surface area contributed by atoms with E-state index in [9.17, 15) is 0 Å². The molecular weight excluding hydrogens is 232 g/mol. The van der Waals surface area contributed by atoms with Crippen molar-refractivity contribution in [2.45, 2.75) is 65.0 Å². The van der Waals surface area contributed by atoms with Gasteiger partial charge in [-0.25, -0.2) is 0 Å². The van der Waals surface area contributed by atoms with Gasteiger partial charge in [-0.3, -0.25) is 0 Å². The van der Waals surface area contributed by atoms with E-state index in [0.29, 0.717) is 6.04 Å². The molecule has 19 heavy (non-hydrogen) atoms. The molecule has 0 aliphatic carbocycles. The SMILES string of the molecule is CCCCCCC(C)NCc1cccc2c1NCC2. The second-order valence-electron chi connectivity index (χ2n) is 5.76. The lowest BCUT2D eigenvalue weighted by atomic mass is 10.1. The molecule has 2 nitrogen and oxygen atoms in total. The number of fused-ring (bicyclic) bond motifs is 1. The largest absolute Gasteiger partial charge is 0.384 e. The van der Waals surface area contributed by atoms with Crippen LogP contribution in [0.15, 0.2) is 18.2 Å². The molecule has 1 heterocycles. The Morgan fingerprint density at radius 1 is 1.26 bits per heavy atom. The Morgan fingerprint density at radius 3 is 3.00 bits per heavy atom. The summed E-state index contributed by atoms with van der Waals surface area (Å²) in [5, 5.41) is 7.18. The predicted octanol–water partition coefficient (Wildman–Crippen LogP) is 4.10. The van der Waals surface area contributed by atoms with Crippen LogP contribution in [-0.2, 0) is 13.0 Å². The molecule has 106 valence electrons. The van der Waals surface area contributed by atoms with Crippen molar-refractivity contribution in [1.29, 1.82) is 0 Å². The minimum Gasteiger partial charge on any atom is -0.384 e. The molecule has 2 rings (SSSR count). The van der Waals surface area contributed by atoms with E-state index < -0.39 is 0 Å². The summed E-state index contributed by atoms with van der Waals surface area (Å²) in [6, 6.07) is 7.30. The Labute approximate surface area is 118 Å². The van der Waals surface area contributed by atoms with E-state index in [4.69, 9.17) is 0 Å². The van der Waals surface area contributed by atoms with Crippen molar-refractivity contribution in [1.82, 2.24) is 5.32 Å². The summed E-state index contributed by atoms with van der Waals surface area (Å²) >= 11 is 0. The maximum atomic E-state index is 3.67. The van der Waals surface area contributed by atoms with Gasteiger partial charge in [0, 0.05) is 24.8 Å². The van der Waals surface area contributed by atoms with Gasteiger partial charge in [0.1, 0.15) is 0 Å². The summed E-state index contributed by atoms with van der Waals surface area (Å²) in [6.07, 6.45) is 7.91. The lowest BCUT2D eigenvalue weighted by molar-refractivity contribution is 0.483. The molecule has 1 atom stereocenters. The number of anilines is 1. The number of hydrogen-bond donors (Lipinski definition) is 2. The Hall–Kier alpha value is -1.02. The highest BCUT2D eigenvalue weighted by Gasteiger charge is 2.13. The Morgan fingerprint density at radius 2 is 2.16 bits per heavy atom. The molecule has 0 radical (unpaired) electrons. The molecule has 0 aromatic heterocycles. The molecule has 2 heteroatoms. The summed E-state index contributed by atoms with van der Waals surface area (Å²) < 4.78 is 0. The molecule has 1 aromatic rings. The van der Waals surface area contributed by atoms with Crippen LogP contribution in [0.3, 0.4) is 0 Å². The minimum atomic E-state index is 0.620. The van der Waals surface area contributed by atoms with Gasteiger partial charge in [-0.2, -0.15) is 0 Å². The Balaban J connectivity index is 1.75. The van der Waals surface area contributed by atoms with E-state index in [2.05, 4.69) is 42.7 Å². The molecule has 2 N–H and O–H groups in total. The topological polar surface area (TPSA) is 24.1 Å². The fraction of sp³-hybridized carbons (Fsp3) is 0.647. The number of benzene rings is 1. The van der Waals surface area contributed by atoms with Gasteiger partial charge in [-0.15, -0.1) is 0 Å². The number of hydrogen-bond acceptors (Lipinski definition) is 2. The highest BCUT2D eigenvalue weighted by molar-refractivity contribution is 5.61. The lowest BCUT2D eigenvalue weighted by Crippen LogP contribution is -2.25. The smallest absolute Gasteiger partial charge is 0.0419 e. The summed E-state index contributed by atoms with van der Waals surface area (Å²) in [6.45, 7) is 6.66. The van der Waals surface area contributed by atoms with Crippen molar-refractivity contribution in [3.05, 3.63) is 29.3 Å². The Kier molecular flexibility index (Phi) is 5.71. The summed E-state index contributed by atoms with van der Waals surface area (Å²) in [5.74, 6) is 0. The summed E-state index contributed by atoms with van der Waals surface area (Å²) in [5.41, 5.74) is 4.29. The molecule has 0 fully saturated rings. The van der Waals surface area contributed by atoms with E-state index in [1.807, 2.05) is 0 Å². The molecule has 1 aliphatic heterocycles. The molecule has 0 saturated heterocycles. The third-order valence-corrected chi connectivity index (χ3v) is 4.06. The molecule has 0 amide bonds. The van der Waals surface area contributed by atoms with Crippen LogP contribution in [0.1, 0.15) is 57.1 Å². The van der Waals surface area contributed by atoms with Crippen molar-refractivity contribution in [3.63, 3.8) is 0 Å². The third kappa shape index (κ3) is 4.24. The van der Waals surface area contributed by atoms with Gasteiger partial charge in [-0.05, 0) is 30.9 Å². The highest BCUT2D eigenvalue weighted by atomic mass is 14.9. The van der Waals surface area contributed by atoms with Crippen molar-refractivity contribution < 1.29 is 0 Å². The number of rotatable bonds is 8. The molecule has 0 bridgehead atoms. The van der Waals surface area contributed by atoms with Gasteiger partial charge < -0.3 is 10.6 Å². The minimum absolute atomic E-state index is 0.620. The van der Waals surface area contributed by atoms with Crippen LogP contribution >= 0.6 is 0 Å². The fourth-order valence-corrected chi connectivity index (χ4v) is 2.82. The normalized spacial score (nSPS) is 15.1. The average Bonchev–Trinajstić information content (AvgIpc) is 2.90. The molecule has 1 aromatic carbocycles. The molecule has 1 unspecified atom stereocenters. The number of para-hydroxylation sites is 1. The zero-order chi connectivity index (χ0) is 13.5. The van der Waals surface area contributed by atoms with Crippen LogP contribution in [0.2, 0.25) is 0 Å². The molecule has 0 saturated carbocycles. The first-order valence-corrected chi connectivity index (χ1v) is 7.89. The van der Waals surface area contributed by atoms with E-state index in [-0.39, 0.29) is 0 Å². The molecule has 0 spiro atoms. The van der Waals surface area contributed by atoms with Crippen LogP contribution in [0.4, 0.5) is 5.69 Å². The van der Waals surface area contributed by atoms with Crippen LogP contribution < -0.4 is 10.6 Å². The fourth-order valence-electron chi connectivity index (χ4n) is 2.82. The Bertz CT molecular complexity index is 387. The van der Waals surface area contributed by atoms with E-state index in [0.717, 1.165) is 13.1 Å². The second kappa shape index (κ2) is 7.54. The van der Waals surface area contributed by atoms with E-state index >= 15 is 0 Å². The van der Waals surface area contributed by atoms with Crippen LogP contribution in [-0.4, -0.2) is 12.6 Å². The van der Waals surface area contributed by atoms with Crippen molar-refractivity contribution in [2.75, 3.05) is 11.9 Å². The standard InChI is InChI=1S/C17H28N2/c1-3-4-5-6-8-14(2)19-13-16-10-7-9-15-11-12-18-17(15)16/h7,9-10,14,18-19H,3-6,8,11-13H2,1-2H3. The van der Waals surface area contributed by atoms with Gasteiger partial charge in [-0.1, -0.05) is 50.8 Å². The third-order valence-electron chi connectivity index (χ3n) is 4.06. The monoisotopic (exact) mass is 260 g/mol. The van der Waals surface area contributed by atoms with Crippen LogP contribution in [0, 0.1) is 0 Å². The average molecular weight is 260 g/mol. The van der Waals surface area contributed by atoms with Gasteiger partial charge in [0.2, 0.25) is 0 Å². The van der Waals surface area contributed by atoms with Gasteiger partial charge in [0.25, 0.3) is 0 Å². The zero-order valence-electron chi connectivity index (χ0n) is 12.5. The highest BCUT2D eigenvalue weighted by Crippen LogP contribution is 2.26. The maximum Gasteiger partial charge on any atom is 0.0419 e. The summed E-state index contributed by atoms with van der Waals surface area (Å²) in [7, 11) is 0. The first-order valence-electron chi connectivity index (χ1n) is 7.89. The second-order valence-corrected chi connectivity index (χ2v) is 5.76. The molecule has 1 aliphatic rings.